The molecule has 2 amide bonds. The second kappa shape index (κ2) is 11.6. The predicted molar refractivity (Wildman–Crippen MR) is 155 cm³/mol. The molecule has 2 fully saturated rings. The van der Waals surface area contributed by atoms with E-state index < -0.39 is 17.8 Å². The van der Waals surface area contributed by atoms with Gasteiger partial charge in [0.05, 0.1) is 17.5 Å². The average Bonchev–Trinajstić information content (AvgIpc) is 3.44. The fourth-order valence-corrected chi connectivity index (χ4v) is 6.09. The Kier molecular flexibility index (Phi) is 8.01. The number of nitrogens with one attached hydrogen (secondary N) is 2. The largest absolute Gasteiger partial charge is 0.382 e. The monoisotopic (exact) mass is 527 g/mol. The Labute approximate surface area is 230 Å². The minimum absolute atomic E-state index is 0.0808. The molecule has 1 heterocycles. The maximum Gasteiger partial charge on any atom is 0.257 e. The third-order valence-electron chi connectivity index (χ3n) is 8.42. The van der Waals surface area contributed by atoms with Crippen LogP contribution in [0.4, 0.5) is 15.8 Å². The van der Waals surface area contributed by atoms with Crippen LogP contribution in [0.1, 0.15) is 77.2 Å². The molecule has 1 aliphatic carbocycles. The van der Waals surface area contributed by atoms with Crippen molar-refractivity contribution in [3.05, 3.63) is 94.3 Å². The molecular formula is C33H38FN3O2. The smallest absolute Gasteiger partial charge is 0.257 e. The van der Waals surface area contributed by atoms with Crippen LogP contribution in [0.25, 0.3) is 0 Å². The van der Waals surface area contributed by atoms with Gasteiger partial charge in [-0.05, 0) is 99.0 Å². The Hall–Kier alpha value is -3.67. The van der Waals surface area contributed by atoms with E-state index in [9.17, 15) is 14.0 Å². The van der Waals surface area contributed by atoms with E-state index >= 15 is 0 Å². The first-order valence-electron chi connectivity index (χ1n) is 14.1. The summed E-state index contributed by atoms with van der Waals surface area (Å²) in [5.74, 6) is -1.49. The molecule has 2 N–H and O–H groups in total. The Bertz CT molecular complexity index is 1330. The van der Waals surface area contributed by atoms with Crippen molar-refractivity contribution in [2.45, 2.75) is 71.4 Å². The molecule has 5 nitrogen and oxygen atoms in total. The highest BCUT2D eigenvalue weighted by atomic mass is 19.1. The lowest BCUT2D eigenvalue weighted by Crippen LogP contribution is -2.46. The highest BCUT2D eigenvalue weighted by molar-refractivity contribution is 5.98. The van der Waals surface area contributed by atoms with E-state index in [1.54, 1.807) is 24.0 Å². The summed E-state index contributed by atoms with van der Waals surface area (Å²) in [5.41, 5.74) is 5.60. The van der Waals surface area contributed by atoms with Crippen LogP contribution in [0, 0.1) is 32.5 Å². The molecule has 1 saturated heterocycles. The van der Waals surface area contributed by atoms with Crippen molar-refractivity contribution in [2.24, 2.45) is 5.92 Å². The molecule has 2 atom stereocenters. The Morgan fingerprint density at radius 1 is 0.821 bits per heavy atom. The molecule has 39 heavy (non-hydrogen) atoms. The van der Waals surface area contributed by atoms with Gasteiger partial charge in [-0.2, -0.15) is 0 Å². The standard InChI is InChI=1S/C33H38FN3O2/c1-21-13-16-27(20-23(21)3)36-32(38)28-11-7-19-37(33(39)30-22(2)8-6-12-29(30)34)31(28)24-14-17-26(18-15-24)35-25-9-4-5-10-25/h6,8,12-18,20,25,28,31,35H,4-5,7,9-11,19H2,1-3H3,(H,36,38). The molecule has 2 aliphatic rings. The molecule has 1 aliphatic heterocycles. The highest BCUT2D eigenvalue weighted by Gasteiger charge is 2.40. The number of aryl methyl sites for hydroxylation is 3. The number of piperidine rings is 1. The summed E-state index contributed by atoms with van der Waals surface area (Å²) in [6.07, 6.45) is 6.17. The van der Waals surface area contributed by atoms with Crippen molar-refractivity contribution < 1.29 is 14.0 Å². The van der Waals surface area contributed by atoms with Gasteiger partial charge in [-0.3, -0.25) is 9.59 Å². The highest BCUT2D eigenvalue weighted by Crippen LogP contribution is 2.39. The predicted octanol–water partition coefficient (Wildman–Crippen LogP) is 7.34. The summed E-state index contributed by atoms with van der Waals surface area (Å²) in [4.78, 5) is 29.3. The fraction of sp³-hybridized carbons (Fsp3) is 0.394. The van der Waals surface area contributed by atoms with Crippen molar-refractivity contribution in [2.75, 3.05) is 17.2 Å². The zero-order valence-electron chi connectivity index (χ0n) is 23.1. The maximum atomic E-state index is 14.9. The minimum Gasteiger partial charge on any atom is -0.382 e. The average molecular weight is 528 g/mol. The van der Waals surface area contributed by atoms with Gasteiger partial charge < -0.3 is 15.5 Å². The number of halogens is 1. The van der Waals surface area contributed by atoms with Crippen molar-refractivity contribution in [1.82, 2.24) is 4.90 Å². The Morgan fingerprint density at radius 3 is 2.23 bits per heavy atom. The lowest BCUT2D eigenvalue weighted by atomic mass is 9.83. The number of anilines is 2. The van der Waals surface area contributed by atoms with Crippen LogP contribution in [-0.4, -0.2) is 29.3 Å². The van der Waals surface area contributed by atoms with E-state index in [1.165, 1.54) is 31.7 Å². The first kappa shape index (κ1) is 26.9. The number of hydrogen-bond acceptors (Lipinski definition) is 3. The van der Waals surface area contributed by atoms with Crippen LogP contribution in [0.3, 0.4) is 0 Å². The molecule has 0 radical (unpaired) electrons. The Morgan fingerprint density at radius 2 is 1.54 bits per heavy atom. The lowest BCUT2D eigenvalue weighted by Gasteiger charge is -2.41. The minimum atomic E-state index is -0.531. The quantitative estimate of drug-likeness (QED) is 0.353. The number of carbonyl (C=O) groups excluding carboxylic acids is 2. The molecule has 3 aromatic carbocycles. The van der Waals surface area contributed by atoms with Crippen LogP contribution >= 0.6 is 0 Å². The summed E-state index contributed by atoms with van der Waals surface area (Å²) in [6.45, 7) is 6.28. The zero-order chi connectivity index (χ0) is 27.5. The van der Waals surface area contributed by atoms with Crippen LogP contribution in [-0.2, 0) is 4.79 Å². The van der Waals surface area contributed by atoms with Crippen molar-refractivity contribution in [3.8, 4) is 0 Å². The van der Waals surface area contributed by atoms with Crippen LogP contribution in [0.2, 0.25) is 0 Å². The van der Waals surface area contributed by atoms with E-state index in [4.69, 9.17) is 0 Å². The summed E-state index contributed by atoms with van der Waals surface area (Å²) in [7, 11) is 0. The van der Waals surface area contributed by atoms with Crippen molar-refractivity contribution in [1.29, 1.82) is 0 Å². The lowest BCUT2D eigenvalue weighted by molar-refractivity contribution is -0.123. The van der Waals surface area contributed by atoms with E-state index in [0.29, 0.717) is 31.0 Å². The normalized spacial score (nSPS) is 19.6. The van der Waals surface area contributed by atoms with Crippen molar-refractivity contribution >= 4 is 23.2 Å². The van der Waals surface area contributed by atoms with Gasteiger partial charge in [0.25, 0.3) is 5.91 Å². The van der Waals surface area contributed by atoms with E-state index in [2.05, 4.69) is 10.6 Å². The van der Waals surface area contributed by atoms with E-state index in [1.807, 2.05) is 56.3 Å². The number of rotatable bonds is 6. The molecule has 0 aromatic heterocycles. The summed E-state index contributed by atoms with van der Waals surface area (Å²) >= 11 is 0. The van der Waals surface area contributed by atoms with Gasteiger partial charge in [-0.25, -0.2) is 4.39 Å². The second-order valence-electron chi connectivity index (χ2n) is 11.2. The van der Waals surface area contributed by atoms with Gasteiger partial charge in [-0.1, -0.05) is 43.2 Å². The number of hydrogen-bond donors (Lipinski definition) is 2. The first-order valence-corrected chi connectivity index (χ1v) is 14.1. The summed E-state index contributed by atoms with van der Waals surface area (Å²) in [6, 6.07) is 18.7. The molecular weight excluding hydrogens is 489 g/mol. The van der Waals surface area contributed by atoms with Crippen LogP contribution in [0.5, 0.6) is 0 Å². The molecule has 1 saturated carbocycles. The SMILES string of the molecule is Cc1ccc(NC(=O)C2CCCN(C(=O)c3c(C)cccc3F)C2c2ccc(NC3CCCC3)cc2)cc1C. The molecule has 0 bridgehead atoms. The van der Waals surface area contributed by atoms with Gasteiger partial charge in [-0.15, -0.1) is 0 Å². The topological polar surface area (TPSA) is 61.4 Å². The molecule has 6 heteroatoms. The van der Waals surface area contributed by atoms with Gasteiger partial charge in [0.2, 0.25) is 5.91 Å². The van der Waals surface area contributed by atoms with Crippen LogP contribution < -0.4 is 10.6 Å². The van der Waals surface area contributed by atoms with E-state index in [-0.39, 0.29) is 17.4 Å². The molecule has 5 rings (SSSR count). The number of likely N-dealkylation sites (tertiary alicyclic amines) is 1. The molecule has 3 aromatic rings. The molecule has 0 spiro atoms. The zero-order valence-corrected chi connectivity index (χ0v) is 23.1. The summed E-state index contributed by atoms with van der Waals surface area (Å²) < 4.78 is 14.9. The number of benzene rings is 3. The first-order chi connectivity index (χ1) is 18.8. The van der Waals surface area contributed by atoms with Gasteiger partial charge in [0.1, 0.15) is 5.82 Å². The Balaban J connectivity index is 1.47. The maximum absolute atomic E-state index is 14.9. The third-order valence-corrected chi connectivity index (χ3v) is 8.42. The summed E-state index contributed by atoms with van der Waals surface area (Å²) in [5, 5.41) is 6.71. The second-order valence-corrected chi connectivity index (χ2v) is 11.2. The molecule has 2 unspecified atom stereocenters. The van der Waals surface area contributed by atoms with Gasteiger partial charge in [0.15, 0.2) is 0 Å². The van der Waals surface area contributed by atoms with Gasteiger partial charge >= 0.3 is 0 Å². The number of amides is 2. The van der Waals surface area contributed by atoms with Crippen molar-refractivity contribution in [3.63, 3.8) is 0 Å². The number of nitrogens with zero attached hydrogens (tertiary/aromatic N) is 1. The molecule has 204 valence electrons. The third kappa shape index (κ3) is 5.85. The van der Waals surface area contributed by atoms with E-state index in [0.717, 1.165) is 28.1 Å². The fourth-order valence-electron chi connectivity index (χ4n) is 6.09. The van der Waals surface area contributed by atoms with Gasteiger partial charge in [0, 0.05) is 24.0 Å². The number of carbonyl (C=O) groups is 2. The van der Waals surface area contributed by atoms with Crippen LogP contribution in [0.15, 0.2) is 60.7 Å².